The molecular formula is C28H29N3O3. The van der Waals surface area contributed by atoms with Crippen LogP contribution in [0.1, 0.15) is 18.1 Å². The first-order chi connectivity index (χ1) is 16.4. The van der Waals surface area contributed by atoms with E-state index in [0.29, 0.717) is 28.3 Å². The van der Waals surface area contributed by atoms with Crippen molar-refractivity contribution in [2.75, 3.05) is 31.6 Å². The van der Waals surface area contributed by atoms with Crippen LogP contribution in [0.2, 0.25) is 0 Å². The van der Waals surface area contributed by atoms with Crippen LogP contribution in [0.4, 0.5) is 5.82 Å². The molecule has 1 saturated heterocycles. The highest BCUT2D eigenvalue weighted by atomic mass is 16.3. The van der Waals surface area contributed by atoms with Crippen LogP contribution in [0.3, 0.4) is 0 Å². The van der Waals surface area contributed by atoms with Gasteiger partial charge in [-0.3, -0.25) is 4.79 Å². The van der Waals surface area contributed by atoms with Gasteiger partial charge in [0.2, 0.25) is 0 Å². The average molecular weight is 456 g/mol. The molecule has 0 aliphatic carbocycles. The minimum absolute atomic E-state index is 0.121. The first-order valence-electron chi connectivity index (χ1n) is 11.6. The quantitative estimate of drug-likeness (QED) is 0.490. The number of benzene rings is 2. The molecule has 6 heteroatoms. The van der Waals surface area contributed by atoms with E-state index in [0.717, 1.165) is 42.1 Å². The van der Waals surface area contributed by atoms with Gasteiger partial charge in [-0.1, -0.05) is 36.4 Å². The number of hydrogen-bond donors (Lipinski definition) is 1. The number of likely N-dealkylation sites (N-methyl/N-ethyl adjacent to an activating group) is 1. The molecular weight excluding hydrogens is 426 g/mol. The van der Waals surface area contributed by atoms with E-state index in [1.807, 2.05) is 30.5 Å². The van der Waals surface area contributed by atoms with Gasteiger partial charge in [-0.15, -0.1) is 0 Å². The Balaban J connectivity index is 1.43. The largest absolute Gasteiger partial charge is 0.455 e. The maximum atomic E-state index is 12.6. The van der Waals surface area contributed by atoms with Crippen molar-refractivity contribution in [1.82, 2.24) is 9.88 Å². The molecule has 0 saturated carbocycles. The van der Waals surface area contributed by atoms with Gasteiger partial charge in [-0.25, -0.2) is 4.98 Å². The number of nitrogens with zero attached hydrogens (tertiary/aromatic N) is 3. The summed E-state index contributed by atoms with van der Waals surface area (Å²) in [6, 6.07) is 17.4. The van der Waals surface area contributed by atoms with Gasteiger partial charge in [0.05, 0.1) is 12.0 Å². The number of aliphatic hydroxyl groups is 1. The number of aromatic nitrogens is 1. The lowest BCUT2D eigenvalue weighted by Crippen LogP contribution is -2.50. The van der Waals surface area contributed by atoms with Crippen LogP contribution < -0.4 is 10.3 Å². The second-order valence-corrected chi connectivity index (χ2v) is 9.14. The van der Waals surface area contributed by atoms with Crippen molar-refractivity contribution < 1.29 is 9.52 Å². The van der Waals surface area contributed by atoms with E-state index in [-0.39, 0.29) is 12.0 Å². The van der Waals surface area contributed by atoms with Gasteiger partial charge in [-0.2, -0.15) is 0 Å². The second kappa shape index (κ2) is 9.05. The fourth-order valence-electron chi connectivity index (χ4n) is 4.59. The van der Waals surface area contributed by atoms with Crippen LogP contribution in [0, 0.1) is 6.92 Å². The van der Waals surface area contributed by atoms with Gasteiger partial charge >= 0.3 is 0 Å². The van der Waals surface area contributed by atoms with Crippen molar-refractivity contribution in [3.63, 3.8) is 0 Å². The highest BCUT2D eigenvalue weighted by Gasteiger charge is 2.22. The smallest absolute Gasteiger partial charge is 0.193 e. The number of fused-ring (bicyclic) bond motifs is 1. The Morgan fingerprint density at radius 3 is 2.56 bits per heavy atom. The highest BCUT2D eigenvalue weighted by Crippen LogP contribution is 2.30. The summed E-state index contributed by atoms with van der Waals surface area (Å²) >= 11 is 0. The van der Waals surface area contributed by atoms with Crippen molar-refractivity contribution in [3.8, 4) is 22.5 Å². The fraction of sp³-hybridized carbons (Fsp3) is 0.286. The summed E-state index contributed by atoms with van der Waals surface area (Å²) in [6.07, 6.45) is 1.95. The topological polar surface area (TPSA) is 69.8 Å². The summed E-state index contributed by atoms with van der Waals surface area (Å²) in [5.41, 5.74) is 5.05. The highest BCUT2D eigenvalue weighted by molar-refractivity contribution is 5.82. The molecule has 1 atom stereocenters. The van der Waals surface area contributed by atoms with Crippen LogP contribution in [0.5, 0.6) is 0 Å². The number of para-hydroxylation sites is 1. The van der Waals surface area contributed by atoms with Gasteiger partial charge in [0.1, 0.15) is 17.2 Å². The van der Waals surface area contributed by atoms with Crippen LogP contribution in [0.25, 0.3) is 33.4 Å². The monoisotopic (exact) mass is 455 g/mol. The molecule has 174 valence electrons. The molecule has 5 rings (SSSR count). The van der Waals surface area contributed by atoms with Gasteiger partial charge in [0.15, 0.2) is 5.43 Å². The molecule has 0 unspecified atom stereocenters. The molecule has 0 amide bonds. The molecule has 0 spiro atoms. The summed E-state index contributed by atoms with van der Waals surface area (Å²) in [5.74, 6) is 1.51. The van der Waals surface area contributed by atoms with Gasteiger partial charge < -0.3 is 19.3 Å². The molecule has 1 aliphatic heterocycles. The average Bonchev–Trinajstić information content (AvgIpc) is 2.85. The molecule has 0 radical (unpaired) electrons. The summed E-state index contributed by atoms with van der Waals surface area (Å²) in [7, 11) is 2.17. The molecule has 6 nitrogen and oxygen atoms in total. The third kappa shape index (κ3) is 4.11. The van der Waals surface area contributed by atoms with E-state index in [9.17, 15) is 9.90 Å². The van der Waals surface area contributed by atoms with Crippen molar-refractivity contribution in [3.05, 3.63) is 82.1 Å². The van der Waals surface area contributed by atoms with Crippen LogP contribution in [-0.4, -0.2) is 47.7 Å². The Bertz CT molecular complexity index is 1390. The number of piperazine rings is 1. The summed E-state index contributed by atoms with van der Waals surface area (Å²) in [6.45, 7) is 7.18. The predicted molar refractivity (Wildman–Crippen MR) is 136 cm³/mol. The molecule has 4 aromatic rings. The Kier molecular flexibility index (Phi) is 5.94. The first kappa shape index (κ1) is 22.3. The van der Waals surface area contributed by atoms with E-state index in [2.05, 4.69) is 36.8 Å². The minimum atomic E-state index is -0.183. The lowest BCUT2D eigenvalue weighted by molar-refractivity contribution is 0.233. The molecule has 34 heavy (non-hydrogen) atoms. The first-order valence-corrected chi connectivity index (χ1v) is 11.6. The molecule has 1 aliphatic rings. The second-order valence-electron chi connectivity index (χ2n) is 9.14. The summed E-state index contributed by atoms with van der Waals surface area (Å²) in [4.78, 5) is 22.1. The number of rotatable bonds is 4. The standard InChI is InChI=1S/C28H29N3O3/c1-18-13-27(31-12-11-30(3)19(2)16-31)29-15-24(18)20-7-9-21(10-8-20)26-14-25(33)23-6-4-5-22(17-32)28(23)34-26/h4-10,13-15,19,32H,11-12,16-17H2,1-3H3/t19-/m0/s1. The van der Waals surface area contributed by atoms with Crippen molar-refractivity contribution >= 4 is 16.8 Å². The van der Waals surface area contributed by atoms with E-state index in [4.69, 9.17) is 9.40 Å². The number of pyridine rings is 1. The van der Waals surface area contributed by atoms with Gasteiger partial charge in [0.25, 0.3) is 0 Å². The maximum Gasteiger partial charge on any atom is 0.193 e. The molecule has 2 aromatic heterocycles. The number of aryl methyl sites for hydroxylation is 1. The SMILES string of the molecule is Cc1cc(N2CCN(C)[C@@H](C)C2)ncc1-c1ccc(-c2cc(=O)c3cccc(CO)c3o2)cc1. The zero-order chi connectivity index (χ0) is 23.8. The van der Waals surface area contributed by atoms with Gasteiger partial charge in [-0.05, 0) is 44.2 Å². The zero-order valence-electron chi connectivity index (χ0n) is 19.8. The third-order valence-electron chi connectivity index (χ3n) is 6.87. The predicted octanol–water partition coefficient (Wildman–Crippen LogP) is 4.46. The summed E-state index contributed by atoms with van der Waals surface area (Å²) in [5, 5.41) is 10.1. The van der Waals surface area contributed by atoms with E-state index >= 15 is 0 Å². The Morgan fingerprint density at radius 2 is 1.85 bits per heavy atom. The van der Waals surface area contributed by atoms with Crippen LogP contribution in [-0.2, 0) is 6.61 Å². The Morgan fingerprint density at radius 1 is 1.09 bits per heavy atom. The van der Waals surface area contributed by atoms with Crippen molar-refractivity contribution in [1.29, 1.82) is 0 Å². The minimum Gasteiger partial charge on any atom is -0.455 e. The van der Waals surface area contributed by atoms with E-state index in [1.54, 1.807) is 18.2 Å². The number of hydrogen-bond acceptors (Lipinski definition) is 6. The normalized spacial score (nSPS) is 16.8. The van der Waals surface area contributed by atoms with Gasteiger partial charge in [0, 0.05) is 54.6 Å². The summed E-state index contributed by atoms with van der Waals surface area (Å²) < 4.78 is 6.04. The number of anilines is 1. The van der Waals surface area contributed by atoms with E-state index in [1.165, 1.54) is 11.6 Å². The lowest BCUT2D eigenvalue weighted by Gasteiger charge is -2.38. The Hall–Kier alpha value is -3.48. The van der Waals surface area contributed by atoms with E-state index < -0.39 is 0 Å². The lowest BCUT2D eigenvalue weighted by atomic mass is 10.0. The molecule has 1 N–H and O–H groups in total. The van der Waals surface area contributed by atoms with Crippen LogP contribution in [0.15, 0.2) is 70.0 Å². The Labute approximate surface area is 199 Å². The molecule has 3 heterocycles. The van der Waals surface area contributed by atoms with Crippen LogP contribution >= 0.6 is 0 Å². The molecule has 2 aromatic carbocycles. The number of aliphatic hydroxyl groups excluding tert-OH is 1. The fourth-order valence-corrected chi connectivity index (χ4v) is 4.59. The van der Waals surface area contributed by atoms with Crippen molar-refractivity contribution in [2.24, 2.45) is 0 Å². The molecule has 0 bridgehead atoms. The zero-order valence-corrected chi connectivity index (χ0v) is 19.8. The third-order valence-corrected chi connectivity index (χ3v) is 6.87. The van der Waals surface area contributed by atoms with Crippen molar-refractivity contribution in [2.45, 2.75) is 26.5 Å². The maximum absolute atomic E-state index is 12.6. The molecule has 1 fully saturated rings.